The van der Waals surface area contributed by atoms with E-state index < -0.39 is 83.8 Å². The van der Waals surface area contributed by atoms with Crippen molar-refractivity contribution in [1.82, 2.24) is 21.3 Å². The van der Waals surface area contributed by atoms with Crippen LogP contribution in [0.5, 0.6) is 0 Å². The molecule has 1 rings (SSSR count). The lowest BCUT2D eigenvalue weighted by atomic mass is 9.88. The molecule has 1 aliphatic rings. The number of aliphatic hydroxyl groups is 1. The van der Waals surface area contributed by atoms with Crippen molar-refractivity contribution in [3.05, 3.63) is 0 Å². The molecule has 0 aliphatic carbocycles. The number of hydrogen-bond acceptors (Lipinski definition) is 10. The summed E-state index contributed by atoms with van der Waals surface area (Å²) < 4.78 is 0. The van der Waals surface area contributed by atoms with Crippen LogP contribution in [-0.2, 0) is 38.4 Å². The lowest BCUT2D eigenvalue weighted by Crippen LogP contribution is -2.44. The molecule has 0 unspecified atom stereocenters. The quantitative estimate of drug-likeness (QED) is 0.0749. The van der Waals surface area contributed by atoms with Gasteiger partial charge in [-0.05, 0) is 44.4 Å². The second kappa shape index (κ2) is 20.5. The molecule has 0 saturated carbocycles. The van der Waals surface area contributed by atoms with E-state index in [9.17, 15) is 43.5 Å². The number of β-amino-alcohol motifs (C(OH)–C–C–N with tert-alkyl or cyclic N) is 1. The predicted molar refractivity (Wildman–Crippen MR) is 170 cm³/mol. The van der Waals surface area contributed by atoms with Crippen molar-refractivity contribution < 1.29 is 48.6 Å². The van der Waals surface area contributed by atoms with Crippen LogP contribution < -0.4 is 27.0 Å². The Morgan fingerprint density at radius 2 is 1.43 bits per heavy atom. The van der Waals surface area contributed by atoms with Crippen LogP contribution in [0.3, 0.4) is 0 Å². The minimum Gasteiger partial charge on any atom is -0.480 e. The molecule has 0 bridgehead atoms. The number of ketones is 3. The monoisotopic (exact) mass is 667 g/mol. The Kier molecular flexibility index (Phi) is 18.0. The van der Waals surface area contributed by atoms with Gasteiger partial charge in [-0.1, -0.05) is 27.7 Å². The Labute approximate surface area is 275 Å². The molecular formula is C32H53N5O10. The first-order valence-electron chi connectivity index (χ1n) is 16.3. The molecule has 0 spiro atoms. The van der Waals surface area contributed by atoms with E-state index in [1.165, 1.54) is 6.92 Å². The van der Waals surface area contributed by atoms with Crippen molar-refractivity contribution in [1.29, 1.82) is 0 Å². The van der Waals surface area contributed by atoms with Gasteiger partial charge in [0.15, 0.2) is 11.6 Å². The maximum absolute atomic E-state index is 13.4. The van der Waals surface area contributed by atoms with Crippen LogP contribution in [0.25, 0.3) is 0 Å². The number of aliphatic hydroxyl groups excluding tert-OH is 1. The Bertz CT molecular complexity index is 1140. The summed E-state index contributed by atoms with van der Waals surface area (Å²) in [6.45, 7) is 8.63. The number of hydrogen-bond donors (Lipinski definition) is 7. The van der Waals surface area contributed by atoms with E-state index in [2.05, 4.69) is 21.3 Å². The molecule has 0 aromatic carbocycles. The van der Waals surface area contributed by atoms with E-state index in [0.29, 0.717) is 6.42 Å². The van der Waals surface area contributed by atoms with E-state index in [0.717, 1.165) is 0 Å². The van der Waals surface area contributed by atoms with Gasteiger partial charge in [-0.25, -0.2) is 0 Å². The van der Waals surface area contributed by atoms with E-state index in [-0.39, 0.29) is 75.5 Å². The number of carboxylic acid groups (broad SMARTS) is 1. The second-order valence-electron chi connectivity index (χ2n) is 13.3. The molecule has 0 radical (unpaired) electrons. The zero-order chi connectivity index (χ0) is 35.8. The first-order valence-corrected chi connectivity index (χ1v) is 16.3. The van der Waals surface area contributed by atoms with Crippen molar-refractivity contribution in [2.75, 3.05) is 13.1 Å². The van der Waals surface area contributed by atoms with E-state index in [4.69, 9.17) is 10.8 Å². The van der Waals surface area contributed by atoms with Crippen LogP contribution in [-0.4, -0.2) is 94.5 Å². The van der Waals surface area contributed by atoms with Crippen LogP contribution in [0.1, 0.15) is 92.4 Å². The molecule has 266 valence electrons. The predicted octanol–water partition coefficient (Wildman–Crippen LogP) is -0.243. The fraction of sp³-hybridized carbons (Fsp3) is 0.750. The van der Waals surface area contributed by atoms with Crippen LogP contribution in [0.2, 0.25) is 0 Å². The number of primary amides is 1. The van der Waals surface area contributed by atoms with Gasteiger partial charge in [0.2, 0.25) is 23.6 Å². The first kappa shape index (κ1) is 41.3. The Morgan fingerprint density at radius 1 is 0.830 bits per heavy atom. The standard InChI is InChI=1S/C32H53N5O10/c1-17(2)10-20(31(45)36-19(5)32(46)47)12-22(38)16-35-30(44)21(11-18(3)4)13-27(41)24(6-8-28(33)42)37-29(43)9-7-26(40)25-14-23(39)15-34-25/h17-21,23-25,34,39H,6-16H2,1-5H3,(H2,33,42)(H,35,44)(H,36,45)(H,37,43)(H,46,47)/t19-,20+,21+,23+,24-,25-/m0/s1. The highest BCUT2D eigenvalue weighted by molar-refractivity contribution is 5.95. The van der Waals surface area contributed by atoms with Crippen molar-refractivity contribution in [3.8, 4) is 0 Å². The van der Waals surface area contributed by atoms with E-state index >= 15 is 0 Å². The van der Waals surface area contributed by atoms with Crippen molar-refractivity contribution in [3.63, 3.8) is 0 Å². The smallest absolute Gasteiger partial charge is 0.325 e. The molecule has 1 aliphatic heterocycles. The minimum absolute atomic E-state index is 0.0167. The normalized spacial score (nSPS) is 18.6. The first-order chi connectivity index (χ1) is 21.9. The summed E-state index contributed by atoms with van der Waals surface area (Å²) >= 11 is 0. The van der Waals surface area contributed by atoms with Gasteiger partial charge in [-0.15, -0.1) is 0 Å². The number of nitrogens with two attached hydrogens (primary N) is 1. The molecule has 47 heavy (non-hydrogen) atoms. The Balaban J connectivity index is 2.87. The zero-order valence-corrected chi connectivity index (χ0v) is 28.1. The van der Waals surface area contributed by atoms with Crippen LogP contribution in [0, 0.1) is 23.7 Å². The number of amides is 4. The minimum atomic E-state index is -1.21. The van der Waals surface area contributed by atoms with Crippen LogP contribution in [0.4, 0.5) is 0 Å². The van der Waals surface area contributed by atoms with Gasteiger partial charge in [0.25, 0.3) is 0 Å². The van der Waals surface area contributed by atoms with Gasteiger partial charge < -0.3 is 37.2 Å². The highest BCUT2D eigenvalue weighted by Crippen LogP contribution is 2.20. The number of carbonyl (C=O) groups excluding carboxylic acids is 7. The zero-order valence-electron chi connectivity index (χ0n) is 28.1. The van der Waals surface area contributed by atoms with E-state index in [1.54, 1.807) is 0 Å². The van der Waals surface area contributed by atoms with Crippen molar-refractivity contribution in [2.45, 2.75) is 117 Å². The molecule has 6 atom stereocenters. The third kappa shape index (κ3) is 16.6. The Morgan fingerprint density at radius 3 is 1.94 bits per heavy atom. The second-order valence-corrected chi connectivity index (χ2v) is 13.3. The molecule has 1 fully saturated rings. The largest absolute Gasteiger partial charge is 0.480 e. The van der Waals surface area contributed by atoms with Crippen LogP contribution in [0.15, 0.2) is 0 Å². The topological polar surface area (TPSA) is 251 Å². The highest BCUT2D eigenvalue weighted by Gasteiger charge is 2.31. The van der Waals surface area contributed by atoms with Gasteiger partial charge in [0.1, 0.15) is 11.8 Å². The van der Waals surface area contributed by atoms with Crippen molar-refractivity contribution in [2.24, 2.45) is 29.4 Å². The molecule has 4 amide bonds. The van der Waals surface area contributed by atoms with Gasteiger partial charge in [-0.3, -0.25) is 38.4 Å². The fourth-order valence-corrected chi connectivity index (χ4v) is 5.40. The number of rotatable bonds is 23. The maximum atomic E-state index is 13.4. The molecular weight excluding hydrogens is 614 g/mol. The summed E-state index contributed by atoms with van der Waals surface area (Å²) in [5.41, 5.74) is 5.27. The summed E-state index contributed by atoms with van der Waals surface area (Å²) in [6.07, 6.45) is -0.909. The number of Topliss-reactive ketones (excluding diaryl/α,β-unsaturated/α-hetero) is 3. The third-order valence-electron chi connectivity index (χ3n) is 7.86. The van der Waals surface area contributed by atoms with Gasteiger partial charge in [-0.2, -0.15) is 0 Å². The molecule has 8 N–H and O–H groups in total. The molecule has 15 nitrogen and oxygen atoms in total. The molecule has 15 heteroatoms. The lowest BCUT2D eigenvalue weighted by Gasteiger charge is -2.23. The lowest BCUT2D eigenvalue weighted by molar-refractivity contribution is -0.142. The summed E-state index contributed by atoms with van der Waals surface area (Å²) in [6, 6.07) is -2.82. The molecule has 0 aromatic heterocycles. The Hall–Kier alpha value is -3.72. The van der Waals surface area contributed by atoms with Crippen molar-refractivity contribution >= 4 is 46.9 Å². The summed E-state index contributed by atoms with van der Waals surface area (Å²) in [7, 11) is 0. The summed E-state index contributed by atoms with van der Waals surface area (Å²) in [5, 5.41) is 29.1. The fourth-order valence-electron chi connectivity index (χ4n) is 5.40. The van der Waals surface area contributed by atoms with Gasteiger partial charge in [0.05, 0.1) is 24.7 Å². The third-order valence-corrected chi connectivity index (χ3v) is 7.86. The SMILES string of the molecule is CC(C)C[C@H](CC(=O)[C@H](CCC(N)=O)NC(=O)CCC(=O)[C@@H]1C[C@@H](O)CN1)C(=O)NCC(=O)C[C@@H](CC(C)C)C(=O)N[C@@H](C)C(=O)O. The van der Waals surface area contributed by atoms with Crippen LogP contribution >= 0.6 is 0 Å². The average Bonchev–Trinajstić information content (AvgIpc) is 3.41. The van der Waals surface area contributed by atoms with Gasteiger partial charge in [0, 0.05) is 50.5 Å². The molecule has 1 heterocycles. The van der Waals surface area contributed by atoms with Gasteiger partial charge >= 0.3 is 5.97 Å². The number of carboxylic acids is 1. The maximum Gasteiger partial charge on any atom is 0.325 e. The number of carbonyl (C=O) groups is 8. The number of aliphatic carboxylic acids is 1. The summed E-state index contributed by atoms with van der Waals surface area (Å²) in [4.78, 5) is 99.7. The summed E-state index contributed by atoms with van der Waals surface area (Å²) in [5.74, 6) is -6.46. The van der Waals surface area contributed by atoms with E-state index in [1.807, 2.05) is 27.7 Å². The number of nitrogens with one attached hydrogen (secondary N) is 4. The molecule has 0 aromatic rings. The average molecular weight is 668 g/mol. The highest BCUT2D eigenvalue weighted by atomic mass is 16.4. The molecule has 1 saturated heterocycles.